The molecule has 1 saturated carbocycles. The van der Waals surface area contributed by atoms with E-state index in [2.05, 4.69) is 63.7 Å². The molecule has 4 aromatic rings. The molecule has 8 nitrogen and oxygen atoms in total. The van der Waals surface area contributed by atoms with E-state index in [-0.39, 0.29) is 5.69 Å². The number of H-pyrrole nitrogens is 1. The van der Waals surface area contributed by atoms with E-state index in [4.69, 9.17) is 0 Å². The van der Waals surface area contributed by atoms with Crippen LogP contribution in [0, 0.1) is 12.8 Å². The number of aromatic amines is 1. The van der Waals surface area contributed by atoms with E-state index in [0.717, 1.165) is 41.8 Å². The molecule has 5 rings (SSSR count). The van der Waals surface area contributed by atoms with Crippen LogP contribution in [-0.4, -0.2) is 34.7 Å². The number of hydrogen-bond donors (Lipinski definition) is 1. The van der Waals surface area contributed by atoms with Crippen LogP contribution in [0.2, 0.25) is 0 Å². The lowest BCUT2D eigenvalue weighted by molar-refractivity contribution is 0.313. The second-order valence-corrected chi connectivity index (χ2v) is 9.60. The number of tetrazole rings is 1. The summed E-state index contributed by atoms with van der Waals surface area (Å²) in [5, 5.41) is 14.3. The van der Waals surface area contributed by atoms with E-state index in [1.54, 1.807) is 6.20 Å². The predicted molar refractivity (Wildman–Crippen MR) is 136 cm³/mol. The Morgan fingerprint density at radius 1 is 1.06 bits per heavy atom. The van der Waals surface area contributed by atoms with Gasteiger partial charge >= 0.3 is 5.69 Å². The second kappa shape index (κ2) is 10.4. The van der Waals surface area contributed by atoms with Gasteiger partial charge in [-0.15, -0.1) is 10.2 Å². The zero-order valence-electron chi connectivity index (χ0n) is 20.6. The van der Waals surface area contributed by atoms with Crippen molar-refractivity contribution in [3.8, 4) is 22.6 Å². The van der Waals surface area contributed by atoms with Gasteiger partial charge in [0, 0.05) is 29.7 Å². The van der Waals surface area contributed by atoms with Crippen LogP contribution in [0.3, 0.4) is 0 Å². The minimum absolute atomic E-state index is 0.132. The Morgan fingerprint density at radius 2 is 1.86 bits per heavy atom. The molecule has 0 spiro atoms. The van der Waals surface area contributed by atoms with Crippen molar-refractivity contribution in [2.45, 2.75) is 71.9 Å². The van der Waals surface area contributed by atoms with Gasteiger partial charge in [-0.3, -0.25) is 14.1 Å². The molecule has 182 valence electrons. The smallest absolute Gasteiger partial charge is 0.296 e. The highest BCUT2D eigenvalue weighted by Gasteiger charge is 2.21. The van der Waals surface area contributed by atoms with Gasteiger partial charge in [-0.2, -0.15) is 5.21 Å². The van der Waals surface area contributed by atoms with Gasteiger partial charge in [0.2, 0.25) is 5.82 Å². The van der Waals surface area contributed by atoms with Crippen molar-refractivity contribution in [1.29, 1.82) is 0 Å². The highest BCUT2D eigenvalue weighted by atomic mass is 16.1. The molecule has 0 unspecified atom stereocenters. The maximum absolute atomic E-state index is 13.5. The topological polar surface area (TPSA) is 94.3 Å². The number of benzene rings is 1. The van der Waals surface area contributed by atoms with E-state index < -0.39 is 0 Å². The van der Waals surface area contributed by atoms with Gasteiger partial charge < -0.3 is 0 Å². The predicted octanol–water partition coefficient (Wildman–Crippen LogP) is 4.78. The molecule has 0 amide bonds. The van der Waals surface area contributed by atoms with Crippen molar-refractivity contribution in [2.75, 3.05) is 0 Å². The van der Waals surface area contributed by atoms with Crippen molar-refractivity contribution in [3.05, 3.63) is 70.0 Å². The maximum Gasteiger partial charge on any atom is 0.328 e. The van der Waals surface area contributed by atoms with Gasteiger partial charge in [0.15, 0.2) is 0 Å². The molecular formula is C27H33N7O. The van der Waals surface area contributed by atoms with Crippen LogP contribution in [-0.2, 0) is 19.5 Å². The van der Waals surface area contributed by atoms with Crippen molar-refractivity contribution >= 4 is 0 Å². The van der Waals surface area contributed by atoms with Crippen molar-refractivity contribution in [2.24, 2.45) is 5.92 Å². The Kier molecular flexibility index (Phi) is 6.88. The molecule has 35 heavy (non-hydrogen) atoms. The lowest BCUT2D eigenvalue weighted by Gasteiger charge is -2.22. The van der Waals surface area contributed by atoms with Gasteiger partial charge in [0.05, 0.1) is 6.54 Å². The van der Waals surface area contributed by atoms with Crippen molar-refractivity contribution in [1.82, 2.24) is 34.7 Å². The zero-order chi connectivity index (χ0) is 24.2. The first-order chi connectivity index (χ1) is 17.2. The quantitative estimate of drug-likeness (QED) is 0.399. The van der Waals surface area contributed by atoms with Gasteiger partial charge in [0.25, 0.3) is 0 Å². The Labute approximate surface area is 205 Å². The molecule has 0 aliphatic heterocycles. The summed E-state index contributed by atoms with van der Waals surface area (Å²) in [5.41, 5.74) is 6.20. The zero-order valence-corrected chi connectivity index (χ0v) is 20.6. The summed E-state index contributed by atoms with van der Waals surface area (Å²) in [6.45, 7) is 5.73. The third-order valence-corrected chi connectivity index (χ3v) is 7.23. The van der Waals surface area contributed by atoms with E-state index in [9.17, 15) is 4.79 Å². The molecular weight excluding hydrogens is 438 g/mol. The average molecular weight is 472 g/mol. The lowest BCUT2D eigenvalue weighted by Crippen LogP contribution is -2.28. The van der Waals surface area contributed by atoms with Crippen LogP contribution in [0.4, 0.5) is 0 Å². The van der Waals surface area contributed by atoms with Gasteiger partial charge in [-0.05, 0) is 54.5 Å². The second-order valence-electron chi connectivity index (χ2n) is 9.60. The number of pyridine rings is 1. The normalized spacial score (nSPS) is 14.5. The third kappa shape index (κ3) is 4.83. The van der Waals surface area contributed by atoms with Crippen LogP contribution in [0.15, 0.2) is 47.4 Å². The molecule has 3 aromatic heterocycles. The Balaban J connectivity index is 1.42. The van der Waals surface area contributed by atoms with Crippen LogP contribution in [0.1, 0.15) is 62.4 Å². The number of nitrogens with zero attached hydrogens (tertiary/aromatic N) is 6. The number of hydrogen-bond acceptors (Lipinski definition) is 5. The van der Waals surface area contributed by atoms with Crippen molar-refractivity contribution < 1.29 is 0 Å². The summed E-state index contributed by atoms with van der Waals surface area (Å²) in [6, 6.07) is 12.3. The molecule has 1 aliphatic carbocycles. The molecule has 0 saturated heterocycles. The summed E-state index contributed by atoms with van der Waals surface area (Å²) in [7, 11) is 0. The Hall–Kier alpha value is -3.55. The fraction of sp³-hybridized carbons (Fsp3) is 0.444. The highest BCUT2D eigenvalue weighted by Crippen LogP contribution is 2.28. The fourth-order valence-corrected chi connectivity index (χ4v) is 5.37. The molecule has 0 bridgehead atoms. The Bertz CT molecular complexity index is 1310. The summed E-state index contributed by atoms with van der Waals surface area (Å²) < 4.78 is 4.04. The third-order valence-electron chi connectivity index (χ3n) is 7.23. The lowest BCUT2D eigenvalue weighted by atomic mass is 9.89. The minimum Gasteiger partial charge on any atom is -0.296 e. The fourth-order valence-electron chi connectivity index (χ4n) is 5.37. The van der Waals surface area contributed by atoms with Gasteiger partial charge in [0.1, 0.15) is 5.69 Å². The SMILES string of the molecule is CCCc1c(C)n(CC2CCCCC2)c(=O)n1Cc1ccc(-c2cccnc2-c2nn[nH]n2)cc1. The summed E-state index contributed by atoms with van der Waals surface area (Å²) in [5.74, 6) is 1.09. The molecule has 1 aromatic carbocycles. The maximum atomic E-state index is 13.5. The molecule has 0 radical (unpaired) electrons. The van der Waals surface area contributed by atoms with Crippen molar-refractivity contribution in [3.63, 3.8) is 0 Å². The summed E-state index contributed by atoms with van der Waals surface area (Å²) >= 11 is 0. The van der Waals surface area contributed by atoms with Crippen LogP contribution in [0.25, 0.3) is 22.6 Å². The molecule has 0 atom stereocenters. The first-order valence-corrected chi connectivity index (χ1v) is 12.7. The molecule has 1 N–H and O–H groups in total. The van der Waals surface area contributed by atoms with E-state index >= 15 is 0 Å². The summed E-state index contributed by atoms with van der Waals surface area (Å²) in [4.78, 5) is 18.0. The van der Waals surface area contributed by atoms with Gasteiger partial charge in [-0.25, -0.2) is 4.79 Å². The molecule has 3 heterocycles. The number of nitrogens with one attached hydrogen (secondary N) is 1. The highest BCUT2D eigenvalue weighted by molar-refractivity contribution is 5.77. The van der Waals surface area contributed by atoms with Crippen LogP contribution < -0.4 is 5.69 Å². The first kappa shape index (κ1) is 23.2. The number of imidazole rings is 1. The van der Waals surface area contributed by atoms with Gasteiger partial charge in [-0.1, -0.05) is 62.9 Å². The van der Waals surface area contributed by atoms with Crippen LogP contribution >= 0.6 is 0 Å². The minimum atomic E-state index is 0.132. The largest absolute Gasteiger partial charge is 0.328 e. The molecule has 8 heteroatoms. The summed E-state index contributed by atoms with van der Waals surface area (Å²) in [6.07, 6.45) is 10.1. The number of aromatic nitrogens is 7. The first-order valence-electron chi connectivity index (χ1n) is 12.7. The standard InChI is InChI=1S/C27H33N7O/c1-3-8-24-19(2)33(17-20-9-5-4-6-10-20)27(35)34(24)18-21-12-14-22(15-13-21)23-11-7-16-28-25(23)26-29-31-32-30-26/h7,11-16,20H,3-6,8-10,17-18H2,1-2H3,(H,29,30,31,32). The Morgan fingerprint density at radius 3 is 2.57 bits per heavy atom. The number of rotatable bonds is 8. The van der Waals surface area contributed by atoms with Crippen LogP contribution in [0.5, 0.6) is 0 Å². The average Bonchev–Trinajstić information content (AvgIpc) is 3.51. The molecule has 1 aliphatic rings. The van der Waals surface area contributed by atoms with E-state index in [1.165, 1.54) is 37.8 Å². The van der Waals surface area contributed by atoms with E-state index in [1.807, 2.05) is 21.3 Å². The van der Waals surface area contributed by atoms with E-state index in [0.29, 0.717) is 24.0 Å². The molecule has 1 fully saturated rings. The monoisotopic (exact) mass is 471 g/mol.